The van der Waals surface area contributed by atoms with Crippen LogP contribution in [0.25, 0.3) is 0 Å². The van der Waals surface area contributed by atoms with E-state index in [0.29, 0.717) is 41.6 Å². The lowest BCUT2D eigenvalue weighted by Crippen LogP contribution is -2.39. The molecule has 168 valence electrons. The van der Waals surface area contributed by atoms with Crippen molar-refractivity contribution in [2.24, 2.45) is 0 Å². The van der Waals surface area contributed by atoms with Crippen LogP contribution in [0.5, 0.6) is 0 Å². The van der Waals surface area contributed by atoms with Crippen molar-refractivity contribution in [1.82, 2.24) is 15.0 Å². The molecule has 1 aliphatic rings. The summed E-state index contributed by atoms with van der Waals surface area (Å²) in [5, 5.41) is 3.85. The third-order valence-electron chi connectivity index (χ3n) is 5.62. The molecule has 2 aromatic carbocycles. The van der Waals surface area contributed by atoms with Crippen LogP contribution in [0.4, 0.5) is 5.69 Å². The van der Waals surface area contributed by atoms with Gasteiger partial charge in [-0.15, -0.1) is 0 Å². The quantitative estimate of drug-likeness (QED) is 0.628. The van der Waals surface area contributed by atoms with Crippen LogP contribution in [-0.4, -0.2) is 42.5 Å². The molecule has 1 N–H and O–H groups in total. The number of carbonyl (C=O) groups is 1. The Morgan fingerprint density at radius 3 is 2.56 bits per heavy atom. The van der Waals surface area contributed by atoms with Gasteiger partial charge in [-0.1, -0.05) is 17.3 Å². The van der Waals surface area contributed by atoms with Crippen molar-refractivity contribution in [3.63, 3.8) is 0 Å². The molecule has 0 aliphatic carbocycles. The molecule has 1 amide bonds. The maximum absolute atomic E-state index is 13.0. The van der Waals surface area contributed by atoms with Crippen LogP contribution in [0.1, 0.15) is 52.0 Å². The van der Waals surface area contributed by atoms with Crippen LogP contribution in [0.3, 0.4) is 0 Å². The fraction of sp³-hybridized carbons (Fsp3) is 0.348. The van der Waals surface area contributed by atoms with Crippen molar-refractivity contribution in [3.8, 4) is 0 Å². The van der Waals surface area contributed by atoms with Gasteiger partial charge in [-0.25, -0.2) is 8.42 Å². The molecule has 8 nitrogen and oxygen atoms in total. The largest absolute Gasteiger partial charge is 0.339 e. The Labute approximate surface area is 187 Å². The number of sulfonamides is 1. The lowest BCUT2D eigenvalue weighted by molar-refractivity contribution is 0.0695. The number of amides is 1. The summed E-state index contributed by atoms with van der Waals surface area (Å²) < 4.78 is 33.5. The van der Waals surface area contributed by atoms with Crippen LogP contribution < -0.4 is 4.72 Å². The lowest BCUT2D eigenvalue weighted by Gasteiger charge is -2.31. The monoisotopic (exact) mass is 454 g/mol. The second-order valence-corrected chi connectivity index (χ2v) is 9.87. The van der Waals surface area contributed by atoms with Crippen molar-refractivity contribution >= 4 is 21.6 Å². The zero-order valence-electron chi connectivity index (χ0n) is 18.3. The van der Waals surface area contributed by atoms with E-state index < -0.39 is 10.0 Å². The van der Waals surface area contributed by atoms with E-state index >= 15 is 0 Å². The van der Waals surface area contributed by atoms with Crippen LogP contribution in [-0.2, 0) is 10.0 Å². The molecule has 1 atom stereocenters. The van der Waals surface area contributed by atoms with Gasteiger partial charge in [0.25, 0.3) is 15.9 Å². The molecule has 32 heavy (non-hydrogen) atoms. The summed E-state index contributed by atoms with van der Waals surface area (Å²) in [6.07, 6.45) is 1.75. The summed E-state index contributed by atoms with van der Waals surface area (Å²) in [5.41, 5.74) is 2.45. The number of benzene rings is 2. The Morgan fingerprint density at radius 1 is 1.12 bits per heavy atom. The Bertz CT molecular complexity index is 1240. The number of rotatable bonds is 5. The maximum atomic E-state index is 13.0. The van der Waals surface area contributed by atoms with Gasteiger partial charge in [0.1, 0.15) is 0 Å². The van der Waals surface area contributed by atoms with Crippen molar-refractivity contribution in [2.75, 3.05) is 17.8 Å². The molecule has 3 aromatic rings. The molecule has 0 radical (unpaired) electrons. The van der Waals surface area contributed by atoms with Crippen molar-refractivity contribution in [1.29, 1.82) is 0 Å². The van der Waals surface area contributed by atoms with Gasteiger partial charge in [0.05, 0.1) is 10.8 Å². The van der Waals surface area contributed by atoms with Crippen LogP contribution in [0, 0.1) is 20.8 Å². The molecule has 0 saturated carbocycles. The molecule has 1 aliphatic heterocycles. The minimum atomic E-state index is -3.72. The Morgan fingerprint density at radius 2 is 1.88 bits per heavy atom. The summed E-state index contributed by atoms with van der Waals surface area (Å²) in [6.45, 7) is 6.56. The van der Waals surface area contributed by atoms with E-state index in [-0.39, 0.29) is 16.7 Å². The Hall–Kier alpha value is -3.20. The number of nitrogens with zero attached hydrogens (tertiary/aromatic N) is 3. The lowest BCUT2D eigenvalue weighted by atomic mass is 9.97. The molecule has 9 heteroatoms. The molecule has 1 aromatic heterocycles. The highest BCUT2D eigenvalue weighted by Crippen LogP contribution is 2.27. The number of nitrogens with one attached hydrogen (secondary N) is 1. The number of carbonyl (C=O) groups excluding carboxylic acids is 1. The van der Waals surface area contributed by atoms with Gasteiger partial charge in [-0.2, -0.15) is 4.98 Å². The van der Waals surface area contributed by atoms with E-state index in [4.69, 9.17) is 4.52 Å². The minimum absolute atomic E-state index is 0.0255. The molecule has 1 unspecified atom stereocenters. The second kappa shape index (κ2) is 8.74. The van der Waals surface area contributed by atoms with Crippen LogP contribution >= 0.6 is 0 Å². The molecular formula is C23H26N4O4S. The van der Waals surface area contributed by atoms with Gasteiger partial charge in [0.15, 0.2) is 5.82 Å². The van der Waals surface area contributed by atoms with E-state index in [9.17, 15) is 13.2 Å². The second-order valence-electron chi connectivity index (χ2n) is 8.22. The average molecular weight is 455 g/mol. The first-order valence-electron chi connectivity index (χ1n) is 10.5. The fourth-order valence-electron chi connectivity index (χ4n) is 3.91. The van der Waals surface area contributed by atoms with Crippen molar-refractivity contribution < 1.29 is 17.7 Å². The third kappa shape index (κ3) is 4.67. The van der Waals surface area contributed by atoms with Crippen LogP contribution in [0.2, 0.25) is 0 Å². The summed E-state index contributed by atoms with van der Waals surface area (Å²) in [6, 6.07) is 11.8. The molecule has 1 fully saturated rings. The third-order valence-corrected chi connectivity index (χ3v) is 7.14. The highest BCUT2D eigenvalue weighted by Gasteiger charge is 2.29. The highest BCUT2D eigenvalue weighted by atomic mass is 32.2. The average Bonchev–Trinajstić information content (AvgIpc) is 3.21. The molecular weight excluding hydrogens is 428 g/mol. The molecule has 0 bridgehead atoms. The molecule has 0 spiro atoms. The van der Waals surface area contributed by atoms with Crippen molar-refractivity contribution in [2.45, 2.75) is 44.4 Å². The number of piperidine rings is 1. The zero-order chi connectivity index (χ0) is 22.9. The Kier molecular flexibility index (Phi) is 6.01. The smallest absolute Gasteiger partial charge is 0.262 e. The normalized spacial score (nSPS) is 16.7. The van der Waals surface area contributed by atoms with Gasteiger partial charge in [-0.05, 0) is 75.1 Å². The molecule has 4 rings (SSSR count). The van der Waals surface area contributed by atoms with E-state index in [0.717, 1.165) is 18.4 Å². The van der Waals surface area contributed by atoms with Crippen LogP contribution in [0.15, 0.2) is 51.9 Å². The van der Waals surface area contributed by atoms with Gasteiger partial charge < -0.3 is 9.42 Å². The molecule has 1 saturated heterocycles. The van der Waals surface area contributed by atoms with Crippen molar-refractivity contribution in [3.05, 3.63) is 70.9 Å². The SMILES string of the molecule is Cc1ccc(C)c(S(=O)(=O)Nc2ccc(C(=O)N3CCCC(c4nc(C)no4)C3)cc2)c1. The highest BCUT2D eigenvalue weighted by molar-refractivity contribution is 7.92. The maximum Gasteiger partial charge on any atom is 0.262 e. The number of anilines is 1. The van der Waals surface area contributed by atoms with Gasteiger partial charge in [-0.3, -0.25) is 9.52 Å². The van der Waals surface area contributed by atoms with E-state index in [1.54, 1.807) is 55.1 Å². The first-order valence-corrected chi connectivity index (χ1v) is 12.0. The fourth-order valence-corrected chi connectivity index (χ4v) is 5.30. The number of likely N-dealkylation sites (tertiary alicyclic amines) is 1. The summed E-state index contributed by atoms with van der Waals surface area (Å²) in [7, 11) is -3.72. The first kappa shape index (κ1) is 22.0. The van der Waals surface area contributed by atoms with E-state index in [1.807, 2.05) is 13.0 Å². The number of aromatic nitrogens is 2. The predicted octanol–water partition coefficient (Wildman–Crippen LogP) is 3.82. The standard InChI is InChI=1S/C23H26N4O4S/c1-15-6-7-16(2)21(13-15)32(29,30)26-20-10-8-18(9-11-20)23(28)27-12-4-5-19(14-27)22-24-17(3)25-31-22/h6-11,13,19,26H,4-5,12,14H2,1-3H3. The van der Waals surface area contributed by atoms with Gasteiger partial charge in [0.2, 0.25) is 5.89 Å². The Balaban J connectivity index is 1.46. The first-order chi connectivity index (χ1) is 15.2. The number of aryl methyl sites for hydroxylation is 3. The van der Waals surface area contributed by atoms with E-state index in [2.05, 4.69) is 14.9 Å². The number of hydrogen-bond acceptors (Lipinski definition) is 6. The minimum Gasteiger partial charge on any atom is -0.339 e. The predicted molar refractivity (Wildman–Crippen MR) is 120 cm³/mol. The zero-order valence-corrected chi connectivity index (χ0v) is 19.1. The van der Waals surface area contributed by atoms with E-state index in [1.165, 1.54) is 0 Å². The van der Waals surface area contributed by atoms with Gasteiger partial charge >= 0.3 is 0 Å². The summed E-state index contributed by atoms with van der Waals surface area (Å²) in [4.78, 5) is 19.3. The summed E-state index contributed by atoms with van der Waals surface area (Å²) >= 11 is 0. The van der Waals surface area contributed by atoms with Gasteiger partial charge in [0, 0.05) is 24.3 Å². The number of hydrogen-bond donors (Lipinski definition) is 1. The topological polar surface area (TPSA) is 105 Å². The summed E-state index contributed by atoms with van der Waals surface area (Å²) in [5.74, 6) is 1.07. The molecule has 2 heterocycles.